The number of aromatic nitrogens is 3. The summed E-state index contributed by atoms with van der Waals surface area (Å²) in [5, 5.41) is 14.5. The van der Waals surface area contributed by atoms with Gasteiger partial charge in [-0.15, -0.1) is 5.10 Å². The van der Waals surface area contributed by atoms with Crippen molar-refractivity contribution in [1.82, 2.24) is 15.2 Å². The highest BCUT2D eigenvalue weighted by molar-refractivity contribution is 5.43. The van der Waals surface area contributed by atoms with Crippen LogP contribution >= 0.6 is 0 Å². The molecule has 0 saturated heterocycles. The predicted molar refractivity (Wildman–Crippen MR) is 88.2 cm³/mol. The third-order valence-electron chi connectivity index (χ3n) is 3.63. The van der Waals surface area contributed by atoms with Crippen molar-refractivity contribution in [3.05, 3.63) is 30.0 Å². The third-order valence-corrected chi connectivity index (χ3v) is 3.63. The van der Waals surface area contributed by atoms with Crippen molar-refractivity contribution in [2.75, 3.05) is 31.4 Å². The summed E-state index contributed by atoms with van der Waals surface area (Å²) in [5.74, 6) is 2.78. The monoisotopic (exact) mass is 315 g/mol. The molecule has 1 fully saturated rings. The molecule has 0 amide bonds. The molecule has 122 valence electrons. The number of anilines is 2. The van der Waals surface area contributed by atoms with Crippen LogP contribution in [0.4, 0.5) is 11.8 Å². The zero-order chi connectivity index (χ0) is 16.1. The van der Waals surface area contributed by atoms with Crippen molar-refractivity contribution in [2.24, 2.45) is 0 Å². The van der Waals surface area contributed by atoms with E-state index >= 15 is 0 Å². The SMILES string of the molecule is COc1ccc(CCNc2nncc(NC3CC3)n2)cc1OC. The highest BCUT2D eigenvalue weighted by Gasteiger charge is 2.21. The molecule has 0 atom stereocenters. The molecule has 0 aliphatic heterocycles. The highest BCUT2D eigenvalue weighted by Crippen LogP contribution is 2.27. The Morgan fingerprint density at radius 1 is 1.17 bits per heavy atom. The van der Waals surface area contributed by atoms with E-state index in [0.717, 1.165) is 29.3 Å². The Kier molecular flexibility index (Phi) is 4.75. The molecule has 7 heteroatoms. The van der Waals surface area contributed by atoms with E-state index in [1.165, 1.54) is 12.8 Å². The fraction of sp³-hybridized carbons (Fsp3) is 0.438. The molecule has 1 aliphatic rings. The molecule has 1 saturated carbocycles. The van der Waals surface area contributed by atoms with Crippen LogP contribution in [0.1, 0.15) is 18.4 Å². The lowest BCUT2D eigenvalue weighted by molar-refractivity contribution is 0.354. The van der Waals surface area contributed by atoms with Gasteiger partial charge < -0.3 is 20.1 Å². The van der Waals surface area contributed by atoms with E-state index in [1.54, 1.807) is 20.4 Å². The van der Waals surface area contributed by atoms with Gasteiger partial charge in [0.1, 0.15) is 0 Å². The summed E-state index contributed by atoms with van der Waals surface area (Å²) in [5.41, 5.74) is 1.15. The van der Waals surface area contributed by atoms with Crippen LogP contribution in [-0.2, 0) is 6.42 Å². The van der Waals surface area contributed by atoms with E-state index in [2.05, 4.69) is 25.8 Å². The van der Waals surface area contributed by atoms with Gasteiger partial charge in [-0.2, -0.15) is 10.1 Å². The van der Waals surface area contributed by atoms with E-state index in [4.69, 9.17) is 9.47 Å². The molecular weight excluding hydrogens is 294 g/mol. The minimum Gasteiger partial charge on any atom is -0.493 e. The molecule has 0 bridgehead atoms. The Hall–Kier alpha value is -2.57. The predicted octanol–water partition coefficient (Wildman–Crippen LogP) is 2.12. The summed E-state index contributed by atoms with van der Waals surface area (Å²) in [7, 11) is 3.27. The Morgan fingerprint density at radius 2 is 2.00 bits per heavy atom. The smallest absolute Gasteiger partial charge is 0.244 e. The minimum atomic E-state index is 0.538. The fourth-order valence-corrected chi connectivity index (χ4v) is 2.24. The molecule has 0 unspecified atom stereocenters. The van der Waals surface area contributed by atoms with Gasteiger partial charge in [-0.1, -0.05) is 6.07 Å². The maximum absolute atomic E-state index is 5.31. The number of nitrogens with one attached hydrogen (secondary N) is 2. The number of hydrogen-bond acceptors (Lipinski definition) is 7. The topological polar surface area (TPSA) is 81.2 Å². The second kappa shape index (κ2) is 7.13. The van der Waals surface area contributed by atoms with Crippen molar-refractivity contribution in [2.45, 2.75) is 25.3 Å². The molecule has 3 rings (SSSR count). The number of nitrogens with zero attached hydrogens (tertiary/aromatic N) is 3. The van der Waals surface area contributed by atoms with Gasteiger partial charge in [0.2, 0.25) is 5.95 Å². The summed E-state index contributed by atoms with van der Waals surface area (Å²) in [6.07, 6.45) is 4.87. The lowest BCUT2D eigenvalue weighted by Crippen LogP contribution is -2.11. The van der Waals surface area contributed by atoms with Gasteiger partial charge >= 0.3 is 0 Å². The number of ether oxygens (including phenoxy) is 2. The van der Waals surface area contributed by atoms with E-state index in [1.807, 2.05) is 18.2 Å². The minimum absolute atomic E-state index is 0.538. The Bertz CT molecular complexity index is 661. The first-order valence-electron chi connectivity index (χ1n) is 7.69. The van der Waals surface area contributed by atoms with Gasteiger partial charge in [0.25, 0.3) is 0 Å². The molecule has 1 aliphatic carbocycles. The Morgan fingerprint density at radius 3 is 2.74 bits per heavy atom. The summed E-state index contributed by atoms with van der Waals surface area (Å²) in [6, 6.07) is 6.45. The highest BCUT2D eigenvalue weighted by atomic mass is 16.5. The largest absolute Gasteiger partial charge is 0.493 e. The standard InChI is InChI=1S/C16H21N5O2/c1-22-13-6-3-11(9-14(13)23-2)7-8-17-16-20-15(10-18-21-16)19-12-4-5-12/h3,6,9-10,12H,4-5,7-8H2,1-2H3,(H2,17,19,20,21). The van der Waals surface area contributed by atoms with Crippen LogP contribution in [0.15, 0.2) is 24.4 Å². The van der Waals surface area contributed by atoms with Crippen molar-refractivity contribution >= 4 is 11.8 Å². The van der Waals surface area contributed by atoms with Crippen LogP contribution in [0.25, 0.3) is 0 Å². The average Bonchev–Trinajstić information content (AvgIpc) is 3.39. The van der Waals surface area contributed by atoms with Crippen LogP contribution < -0.4 is 20.1 Å². The normalized spacial score (nSPS) is 13.5. The molecular formula is C16H21N5O2. The molecule has 23 heavy (non-hydrogen) atoms. The molecule has 0 radical (unpaired) electrons. The zero-order valence-electron chi connectivity index (χ0n) is 13.4. The van der Waals surface area contributed by atoms with Gasteiger partial charge in [-0.05, 0) is 37.0 Å². The van der Waals surface area contributed by atoms with Gasteiger partial charge in [-0.25, -0.2) is 0 Å². The van der Waals surface area contributed by atoms with Gasteiger partial charge in [0.05, 0.1) is 20.4 Å². The van der Waals surface area contributed by atoms with Crippen molar-refractivity contribution < 1.29 is 9.47 Å². The van der Waals surface area contributed by atoms with E-state index in [0.29, 0.717) is 18.5 Å². The van der Waals surface area contributed by atoms with Crippen molar-refractivity contribution in [3.8, 4) is 11.5 Å². The average molecular weight is 315 g/mol. The number of rotatable bonds is 8. The molecule has 2 N–H and O–H groups in total. The Labute approximate surface area is 135 Å². The fourth-order valence-electron chi connectivity index (χ4n) is 2.24. The zero-order valence-corrected chi connectivity index (χ0v) is 13.4. The summed E-state index contributed by atoms with van der Waals surface area (Å²) >= 11 is 0. The van der Waals surface area contributed by atoms with Gasteiger partial charge in [0, 0.05) is 12.6 Å². The van der Waals surface area contributed by atoms with Gasteiger partial charge in [-0.3, -0.25) is 0 Å². The number of hydrogen-bond donors (Lipinski definition) is 2. The van der Waals surface area contributed by atoms with Crippen LogP contribution in [0.5, 0.6) is 11.5 Å². The lowest BCUT2D eigenvalue weighted by atomic mass is 10.1. The van der Waals surface area contributed by atoms with E-state index in [-0.39, 0.29) is 0 Å². The lowest BCUT2D eigenvalue weighted by Gasteiger charge is -2.10. The summed E-state index contributed by atoms with van der Waals surface area (Å²) in [4.78, 5) is 4.40. The van der Waals surface area contributed by atoms with Gasteiger partial charge in [0.15, 0.2) is 17.3 Å². The molecule has 0 spiro atoms. The molecule has 1 heterocycles. The van der Waals surface area contributed by atoms with Crippen LogP contribution in [0.3, 0.4) is 0 Å². The number of methoxy groups -OCH3 is 2. The second-order valence-electron chi connectivity index (χ2n) is 5.45. The first kappa shape index (κ1) is 15.3. The summed E-state index contributed by atoms with van der Waals surface area (Å²) in [6.45, 7) is 0.712. The van der Waals surface area contributed by atoms with Crippen LogP contribution in [0.2, 0.25) is 0 Å². The first-order chi connectivity index (χ1) is 11.3. The quantitative estimate of drug-likeness (QED) is 0.772. The molecule has 2 aromatic rings. The first-order valence-corrected chi connectivity index (χ1v) is 7.69. The second-order valence-corrected chi connectivity index (χ2v) is 5.45. The molecule has 7 nitrogen and oxygen atoms in total. The Balaban J connectivity index is 1.54. The van der Waals surface area contributed by atoms with Crippen LogP contribution in [-0.4, -0.2) is 42.0 Å². The van der Waals surface area contributed by atoms with Crippen molar-refractivity contribution in [1.29, 1.82) is 0 Å². The van der Waals surface area contributed by atoms with E-state index < -0.39 is 0 Å². The van der Waals surface area contributed by atoms with Crippen LogP contribution in [0, 0.1) is 0 Å². The maximum atomic E-state index is 5.31. The third kappa shape index (κ3) is 4.21. The maximum Gasteiger partial charge on any atom is 0.244 e. The van der Waals surface area contributed by atoms with E-state index in [9.17, 15) is 0 Å². The number of benzene rings is 1. The summed E-state index contributed by atoms with van der Waals surface area (Å²) < 4.78 is 10.6. The van der Waals surface area contributed by atoms with Crippen molar-refractivity contribution in [3.63, 3.8) is 0 Å². The molecule has 1 aromatic heterocycles. The molecule has 1 aromatic carbocycles.